The highest BCUT2D eigenvalue weighted by atomic mass is 35.5. The van der Waals surface area contributed by atoms with Crippen molar-refractivity contribution in [1.82, 2.24) is 19.8 Å². The number of rotatable bonds is 3. The van der Waals surface area contributed by atoms with Crippen molar-refractivity contribution in [2.24, 2.45) is 0 Å². The molecule has 3 aromatic rings. The Bertz CT molecular complexity index is 969. The van der Waals surface area contributed by atoms with Crippen LogP contribution in [0.25, 0.3) is 11.0 Å². The third-order valence-electron chi connectivity index (χ3n) is 5.17. The van der Waals surface area contributed by atoms with E-state index in [9.17, 15) is 4.79 Å². The highest BCUT2D eigenvalue weighted by Gasteiger charge is 2.27. The number of benzene rings is 2. The predicted octanol–water partition coefficient (Wildman–Crippen LogP) is 3.80. The van der Waals surface area contributed by atoms with Crippen molar-refractivity contribution >= 4 is 28.5 Å². The van der Waals surface area contributed by atoms with Gasteiger partial charge in [-0.2, -0.15) is 0 Å². The Morgan fingerprint density at radius 1 is 1.00 bits per heavy atom. The van der Waals surface area contributed by atoms with Gasteiger partial charge in [-0.3, -0.25) is 14.7 Å². The minimum Gasteiger partial charge on any atom is -0.335 e. The summed E-state index contributed by atoms with van der Waals surface area (Å²) in [5.41, 5.74) is 3.07. The molecule has 2 aromatic carbocycles. The molecule has 5 nitrogen and oxygen atoms in total. The molecule has 0 N–H and O–H groups in total. The van der Waals surface area contributed by atoms with Gasteiger partial charge in [-0.15, -0.1) is 0 Å². The van der Waals surface area contributed by atoms with Crippen LogP contribution >= 0.6 is 11.6 Å². The Balaban J connectivity index is 1.43. The zero-order chi connectivity index (χ0) is 18.8. The summed E-state index contributed by atoms with van der Waals surface area (Å²) in [7, 11) is 0. The molecule has 2 heterocycles. The second-order valence-electron chi connectivity index (χ2n) is 6.77. The molecule has 1 aliphatic heterocycles. The Hall–Kier alpha value is -2.50. The van der Waals surface area contributed by atoms with E-state index in [-0.39, 0.29) is 11.9 Å². The molecule has 1 aliphatic rings. The third-order valence-corrected chi connectivity index (χ3v) is 5.52. The molecule has 138 valence electrons. The Morgan fingerprint density at radius 2 is 1.67 bits per heavy atom. The van der Waals surface area contributed by atoms with Gasteiger partial charge < -0.3 is 4.90 Å². The number of hydrogen-bond donors (Lipinski definition) is 0. The monoisotopic (exact) mass is 380 g/mol. The van der Waals surface area contributed by atoms with Gasteiger partial charge in [0.1, 0.15) is 5.69 Å². The zero-order valence-corrected chi connectivity index (χ0v) is 15.9. The van der Waals surface area contributed by atoms with Crippen LogP contribution in [0, 0.1) is 0 Å². The fourth-order valence-electron chi connectivity index (χ4n) is 3.55. The van der Waals surface area contributed by atoms with Crippen molar-refractivity contribution in [2.45, 2.75) is 13.0 Å². The molecule has 1 saturated heterocycles. The molecule has 1 amide bonds. The molecule has 6 heteroatoms. The van der Waals surface area contributed by atoms with Crippen molar-refractivity contribution in [3.05, 3.63) is 71.0 Å². The number of carbonyl (C=O) groups is 1. The smallest absolute Gasteiger partial charge is 0.274 e. The molecule has 1 aromatic heterocycles. The van der Waals surface area contributed by atoms with E-state index in [1.807, 2.05) is 47.4 Å². The molecule has 1 fully saturated rings. The maximum Gasteiger partial charge on any atom is 0.274 e. The van der Waals surface area contributed by atoms with Gasteiger partial charge in [-0.05, 0) is 30.7 Å². The first-order valence-corrected chi connectivity index (χ1v) is 9.51. The average Bonchev–Trinajstić information content (AvgIpc) is 2.73. The highest BCUT2D eigenvalue weighted by Crippen LogP contribution is 2.28. The summed E-state index contributed by atoms with van der Waals surface area (Å²) in [6, 6.07) is 15.7. The van der Waals surface area contributed by atoms with Crippen molar-refractivity contribution in [3.63, 3.8) is 0 Å². The highest BCUT2D eigenvalue weighted by molar-refractivity contribution is 6.31. The third kappa shape index (κ3) is 3.66. The van der Waals surface area contributed by atoms with Crippen LogP contribution in [-0.4, -0.2) is 51.9 Å². The molecule has 4 rings (SSSR count). The number of fused-ring (bicyclic) bond motifs is 1. The van der Waals surface area contributed by atoms with E-state index in [0.29, 0.717) is 18.8 Å². The molecule has 0 spiro atoms. The Kier molecular flexibility index (Phi) is 5.05. The van der Waals surface area contributed by atoms with E-state index in [0.717, 1.165) is 34.7 Å². The number of para-hydroxylation sites is 2. The maximum atomic E-state index is 12.8. The second kappa shape index (κ2) is 7.62. The molecular formula is C21H21ClN4O. The Morgan fingerprint density at radius 3 is 2.41 bits per heavy atom. The van der Waals surface area contributed by atoms with E-state index >= 15 is 0 Å². The Labute approximate surface area is 163 Å². The van der Waals surface area contributed by atoms with E-state index in [4.69, 9.17) is 11.6 Å². The van der Waals surface area contributed by atoms with E-state index in [1.165, 1.54) is 0 Å². The molecule has 0 aliphatic carbocycles. The van der Waals surface area contributed by atoms with Crippen LogP contribution in [0.4, 0.5) is 0 Å². The first-order valence-electron chi connectivity index (χ1n) is 9.13. The van der Waals surface area contributed by atoms with Crippen LogP contribution in [-0.2, 0) is 0 Å². The minimum absolute atomic E-state index is 0.0571. The predicted molar refractivity (Wildman–Crippen MR) is 107 cm³/mol. The first kappa shape index (κ1) is 17.9. The lowest BCUT2D eigenvalue weighted by molar-refractivity contribution is 0.0576. The number of amides is 1. The number of aromatic nitrogens is 2. The number of carbonyl (C=O) groups excluding carboxylic acids is 1. The van der Waals surface area contributed by atoms with Crippen LogP contribution in [0.15, 0.2) is 54.7 Å². The molecule has 0 bridgehead atoms. The van der Waals surface area contributed by atoms with Gasteiger partial charge >= 0.3 is 0 Å². The van der Waals surface area contributed by atoms with Crippen LogP contribution in [0.2, 0.25) is 5.02 Å². The molecule has 0 saturated carbocycles. The number of halogens is 1. The first-order chi connectivity index (χ1) is 13.1. The lowest BCUT2D eigenvalue weighted by Crippen LogP contribution is -2.49. The van der Waals surface area contributed by atoms with Gasteiger partial charge in [0.2, 0.25) is 0 Å². The zero-order valence-electron chi connectivity index (χ0n) is 15.2. The molecule has 27 heavy (non-hydrogen) atoms. The summed E-state index contributed by atoms with van der Waals surface area (Å²) < 4.78 is 0. The maximum absolute atomic E-state index is 12.8. The van der Waals surface area contributed by atoms with Crippen LogP contribution < -0.4 is 0 Å². The summed E-state index contributed by atoms with van der Waals surface area (Å²) in [6.45, 7) is 5.11. The topological polar surface area (TPSA) is 49.3 Å². The summed E-state index contributed by atoms with van der Waals surface area (Å²) in [4.78, 5) is 25.9. The van der Waals surface area contributed by atoms with Gasteiger partial charge in [0.05, 0.1) is 17.2 Å². The second-order valence-corrected chi connectivity index (χ2v) is 7.18. The molecule has 0 radical (unpaired) electrons. The SMILES string of the molecule is CC(c1ccccc1Cl)N1CCN(C(=O)c2cnc3ccccc3n2)CC1. The van der Waals surface area contributed by atoms with Gasteiger partial charge in [0.25, 0.3) is 5.91 Å². The van der Waals surface area contributed by atoms with Gasteiger partial charge in [0.15, 0.2) is 0 Å². The van der Waals surface area contributed by atoms with Crippen molar-refractivity contribution < 1.29 is 4.79 Å². The van der Waals surface area contributed by atoms with Crippen molar-refractivity contribution in [1.29, 1.82) is 0 Å². The largest absolute Gasteiger partial charge is 0.335 e. The van der Waals surface area contributed by atoms with E-state index < -0.39 is 0 Å². The number of piperazine rings is 1. The van der Waals surface area contributed by atoms with E-state index in [2.05, 4.69) is 27.9 Å². The van der Waals surface area contributed by atoms with Crippen LogP contribution in [0.3, 0.4) is 0 Å². The summed E-state index contributed by atoms with van der Waals surface area (Å²) in [5.74, 6) is -0.0571. The summed E-state index contributed by atoms with van der Waals surface area (Å²) in [5, 5.41) is 0.787. The quantitative estimate of drug-likeness (QED) is 0.693. The fourth-order valence-corrected chi connectivity index (χ4v) is 3.84. The molecular weight excluding hydrogens is 360 g/mol. The number of nitrogens with zero attached hydrogens (tertiary/aromatic N) is 4. The van der Waals surface area contributed by atoms with Crippen molar-refractivity contribution in [3.8, 4) is 0 Å². The summed E-state index contributed by atoms with van der Waals surface area (Å²) >= 11 is 6.34. The lowest BCUT2D eigenvalue weighted by Gasteiger charge is -2.38. The van der Waals surface area contributed by atoms with Crippen molar-refractivity contribution in [2.75, 3.05) is 26.2 Å². The standard InChI is InChI=1S/C21H21ClN4O/c1-15(16-6-2-3-7-17(16)22)25-10-12-26(13-11-25)21(27)20-14-23-18-8-4-5-9-19(18)24-20/h2-9,14-15H,10-13H2,1H3. The normalized spacial score (nSPS) is 16.4. The minimum atomic E-state index is -0.0571. The lowest BCUT2D eigenvalue weighted by atomic mass is 10.1. The van der Waals surface area contributed by atoms with E-state index in [1.54, 1.807) is 6.20 Å². The van der Waals surface area contributed by atoms with Crippen LogP contribution in [0.1, 0.15) is 29.0 Å². The average molecular weight is 381 g/mol. The van der Waals surface area contributed by atoms with Gasteiger partial charge in [-0.1, -0.05) is 41.9 Å². The molecule has 1 atom stereocenters. The molecule has 1 unspecified atom stereocenters. The van der Waals surface area contributed by atoms with Gasteiger partial charge in [-0.25, -0.2) is 4.98 Å². The van der Waals surface area contributed by atoms with Gasteiger partial charge in [0, 0.05) is 37.2 Å². The fraction of sp³-hybridized carbons (Fsp3) is 0.286. The number of hydrogen-bond acceptors (Lipinski definition) is 4. The summed E-state index contributed by atoms with van der Waals surface area (Å²) in [6.07, 6.45) is 1.57. The van der Waals surface area contributed by atoms with Crippen LogP contribution in [0.5, 0.6) is 0 Å².